The van der Waals surface area contributed by atoms with Crippen LogP contribution >= 0.6 is 0 Å². The molecule has 1 aliphatic heterocycles. The SMILES string of the molecule is CCCN(C(=O)CN(C)CC(=O)Nc1c(C)cccc1C)[C@H]1CCS(=O)(=O)C1. The zero-order valence-corrected chi connectivity index (χ0v) is 18.0. The molecular formula is C20H31N3O4S. The lowest BCUT2D eigenvalue weighted by Crippen LogP contribution is -2.47. The van der Waals surface area contributed by atoms with Gasteiger partial charge in [-0.15, -0.1) is 0 Å². The smallest absolute Gasteiger partial charge is 0.238 e. The van der Waals surface area contributed by atoms with Crippen molar-refractivity contribution in [3.05, 3.63) is 29.3 Å². The monoisotopic (exact) mass is 409 g/mol. The van der Waals surface area contributed by atoms with Crippen molar-refractivity contribution >= 4 is 27.3 Å². The standard InChI is InChI=1S/C20H31N3O4S/c1-5-10-23(17-9-11-28(26,27)14-17)19(25)13-22(4)12-18(24)21-20-15(2)7-6-8-16(20)3/h6-8,17H,5,9-14H2,1-4H3,(H,21,24)/t17-/m0/s1. The van der Waals surface area contributed by atoms with Crippen LogP contribution in [-0.4, -0.2) is 74.3 Å². The Morgan fingerprint density at radius 2 is 1.82 bits per heavy atom. The predicted molar refractivity (Wildman–Crippen MR) is 111 cm³/mol. The molecule has 2 rings (SSSR count). The van der Waals surface area contributed by atoms with Gasteiger partial charge in [0.1, 0.15) is 0 Å². The fourth-order valence-corrected chi connectivity index (χ4v) is 5.32. The predicted octanol–water partition coefficient (Wildman–Crippen LogP) is 1.60. The van der Waals surface area contributed by atoms with Crippen molar-refractivity contribution in [2.45, 2.75) is 39.7 Å². The van der Waals surface area contributed by atoms with E-state index in [0.717, 1.165) is 23.2 Å². The lowest BCUT2D eigenvalue weighted by Gasteiger charge is -2.29. The third-order valence-electron chi connectivity index (χ3n) is 5.00. The van der Waals surface area contributed by atoms with E-state index in [9.17, 15) is 18.0 Å². The van der Waals surface area contributed by atoms with Crippen LogP contribution in [0.3, 0.4) is 0 Å². The molecule has 1 aliphatic rings. The molecule has 7 nitrogen and oxygen atoms in total. The zero-order valence-electron chi connectivity index (χ0n) is 17.2. The van der Waals surface area contributed by atoms with Gasteiger partial charge in [-0.1, -0.05) is 25.1 Å². The van der Waals surface area contributed by atoms with Gasteiger partial charge >= 0.3 is 0 Å². The van der Waals surface area contributed by atoms with Crippen LogP contribution in [0.2, 0.25) is 0 Å². The Bertz CT molecular complexity index is 802. The molecule has 1 heterocycles. The maximum absolute atomic E-state index is 12.7. The summed E-state index contributed by atoms with van der Waals surface area (Å²) < 4.78 is 23.5. The van der Waals surface area contributed by atoms with Gasteiger partial charge in [-0.05, 0) is 44.9 Å². The van der Waals surface area contributed by atoms with Crippen LogP contribution in [0.4, 0.5) is 5.69 Å². The molecule has 0 aromatic heterocycles. The molecule has 0 spiro atoms. The first-order valence-electron chi connectivity index (χ1n) is 9.67. The summed E-state index contributed by atoms with van der Waals surface area (Å²) in [7, 11) is -1.33. The second-order valence-corrected chi connectivity index (χ2v) is 9.86. The Kier molecular flexibility index (Phi) is 7.60. The number of para-hydroxylation sites is 1. The van der Waals surface area contributed by atoms with Gasteiger partial charge in [0.25, 0.3) is 0 Å². The number of amides is 2. The molecule has 1 N–H and O–H groups in total. The molecule has 1 aromatic carbocycles. The summed E-state index contributed by atoms with van der Waals surface area (Å²) in [6.45, 7) is 6.54. The van der Waals surface area contributed by atoms with Crippen molar-refractivity contribution in [2.75, 3.05) is 43.5 Å². The highest BCUT2D eigenvalue weighted by atomic mass is 32.2. The summed E-state index contributed by atoms with van der Waals surface area (Å²) >= 11 is 0. The van der Waals surface area contributed by atoms with Gasteiger partial charge in [0, 0.05) is 18.3 Å². The van der Waals surface area contributed by atoms with Crippen LogP contribution in [0.25, 0.3) is 0 Å². The van der Waals surface area contributed by atoms with Crippen LogP contribution in [-0.2, 0) is 19.4 Å². The highest BCUT2D eigenvalue weighted by Gasteiger charge is 2.34. The van der Waals surface area contributed by atoms with Crippen LogP contribution < -0.4 is 5.32 Å². The van der Waals surface area contributed by atoms with Crippen molar-refractivity contribution in [2.24, 2.45) is 0 Å². The van der Waals surface area contributed by atoms with Crippen molar-refractivity contribution in [1.29, 1.82) is 0 Å². The number of carbonyl (C=O) groups excluding carboxylic acids is 2. The van der Waals surface area contributed by atoms with E-state index in [1.807, 2.05) is 39.0 Å². The molecule has 0 aliphatic carbocycles. The van der Waals surface area contributed by atoms with Gasteiger partial charge in [-0.2, -0.15) is 0 Å². The largest absolute Gasteiger partial charge is 0.338 e. The minimum atomic E-state index is -3.05. The molecule has 1 atom stereocenters. The van der Waals surface area contributed by atoms with Gasteiger partial charge in [0.05, 0.1) is 24.6 Å². The molecular weight excluding hydrogens is 378 g/mol. The summed E-state index contributed by atoms with van der Waals surface area (Å²) in [4.78, 5) is 28.5. The first-order valence-corrected chi connectivity index (χ1v) is 11.5. The first kappa shape index (κ1) is 22.4. The summed E-state index contributed by atoms with van der Waals surface area (Å²) in [6.07, 6.45) is 1.25. The number of nitrogens with zero attached hydrogens (tertiary/aromatic N) is 2. The van der Waals surface area contributed by atoms with Gasteiger partial charge < -0.3 is 10.2 Å². The number of anilines is 1. The fraction of sp³-hybridized carbons (Fsp3) is 0.600. The normalized spacial score (nSPS) is 18.2. The molecule has 0 unspecified atom stereocenters. The Morgan fingerprint density at radius 1 is 1.18 bits per heavy atom. The van der Waals surface area contributed by atoms with E-state index < -0.39 is 9.84 Å². The topological polar surface area (TPSA) is 86.8 Å². The summed E-state index contributed by atoms with van der Waals surface area (Å²) in [5.41, 5.74) is 2.78. The van der Waals surface area contributed by atoms with Gasteiger partial charge in [-0.3, -0.25) is 14.5 Å². The molecule has 2 amide bonds. The van der Waals surface area contributed by atoms with Crippen LogP contribution in [0, 0.1) is 13.8 Å². The van der Waals surface area contributed by atoms with Crippen LogP contribution in [0.1, 0.15) is 30.9 Å². The van der Waals surface area contributed by atoms with Crippen molar-refractivity contribution in [3.8, 4) is 0 Å². The third-order valence-corrected chi connectivity index (χ3v) is 6.75. The highest BCUT2D eigenvalue weighted by molar-refractivity contribution is 7.91. The van der Waals surface area contributed by atoms with Gasteiger partial charge in [-0.25, -0.2) is 8.42 Å². The molecule has 28 heavy (non-hydrogen) atoms. The number of carbonyl (C=O) groups is 2. The minimum Gasteiger partial charge on any atom is -0.338 e. The Labute approximate surface area is 168 Å². The number of aryl methyl sites for hydroxylation is 2. The minimum absolute atomic E-state index is 0.0372. The highest BCUT2D eigenvalue weighted by Crippen LogP contribution is 2.20. The van der Waals surface area contributed by atoms with Crippen LogP contribution in [0.15, 0.2) is 18.2 Å². The van der Waals surface area contributed by atoms with E-state index in [0.29, 0.717) is 13.0 Å². The van der Waals surface area contributed by atoms with E-state index in [2.05, 4.69) is 5.32 Å². The zero-order chi connectivity index (χ0) is 20.9. The average Bonchev–Trinajstić information content (AvgIpc) is 2.95. The van der Waals surface area contributed by atoms with Gasteiger partial charge in [0.15, 0.2) is 9.84 Å². The number of benzene rings is 1. The maximum Gasteiger partial charge on any atom is 0.238 e. The lowest BCUT2D eigenvalue weighted by atomic mass is 10.1. The molecule has 1 fully saturated rings. The molecule has 0 radical (unpaired) electrons. The molecule has 1 saturated heterocycles. The number of likely N-dealkylation sites (N-methyl/N-ethyl adjacent to an activating group) is 1. The lowest BCUT2D eigenvalue weighted by molar-refractivity contribution is -0.134. The molecule has 0 bridgehead atoms. The second-order valence-electron chi connectivity index (χ2n) is 7.63. The Balaban J connectivity index is 1.93. The third kappa shape index (κ3) is 6.04. The maximum atomic E-state index is 12.7. The molecule has 8 heteroatoms. The van der Waals surface area contributed by atoms with E-state index in [4.69, 9.17) is 0 Å². The second kappa shape index (κ2) is 9.52. The van der Waals surface area contributed by atoms with Crippen molar-refractivity contribution < 1.29 is 18.0 Å². The quantitative estimate of drug-likeness (QED) is 0.705. The molecule has 1 aromatic rings. The first-order chi connectivity index (χ1) is 13.1. The summed E-state index contributed by atoms with van der Waals surface area (Å²) in [5, 5.41) is 2.92. The van der Waals surface area contributed by atoms with Crippen molar-refractivity contribution in [1.82, 2.24) is 9.80 Å². The van der Waals surface area contributed by atoms with E-state index in [-0.39, 0.29) is 42.5 Å². The summed E-state index contributed by atoms with van der Waals surface area (Å²) in [6, 6.07) is 5.56. The fourth-order valence-electron chi connectivity index (χ4n) is 3.59. The number of rotatable bonds is 8. The molecule has 0 saturated carbocycles. The number of sulfone groups is 1. The van der Waals surface area contributed by atoms with Gasteiger partial charge in [0.2, 0.25) is 11.8 Å². The van der Waals surface area contributed by atoms with Crippen molar-refractivity contribution in [3.63, 3.8) is 0 Å². The van der Waals surface area contributed by atoms with E-state index >= 15 is 0 Å². The number of hydrogen-bond donors (Lipinski definition) is 1. The summed E-state index contributed by atoms with van der Waals surface area (Å²) in [5.74, 6) is -0.140. The van der Waals surface area contributed by atoms with E-state index in [1.165, 1.54) is 0 Å². The number of hydrogen-bond acceptors (Lipinski definition) is 5. The van der Waals surface area contributed by atoms with E-state index in [1.54, 1.807) is 16.8 Å². The Hall–Kier alpha value is -1.93. The van der Waals surface area contributed by atoms with Crippen LogP contribution in [0.5, 0.6) is 0 Å². The molecule has 156 valence electrons. The Morgan fingerprint density at radius 3 is 2.36 bits per heavy atom. The number of nitrogens with one attached hydrogen (secondary N) is 1. The average molecular weight is 410 g/mol.